The number of epoxide rings is 1. The Morgan fingerprint density at radius 3 is 2.27 bits per heavy atom. The van der Waals surface area contributed by atoms with Gasteiger partial charge >= 0.3 is 11.9 Å². The minimum Gasteiger partial charge on any atom is -0.460 e. The Bertz CT molecular complexity index is 2330. The van der Waals surface area contributed by atoms with Crippen LogP contribution in [-0.2, 0) is 45.6 Å². The third-order valence-corrected chi connectivity index (χ3v) is 12.0. The molecule has 1 saturated carbocycles. The van der Waals surface area contributed by atoms with Gasteiger partial charge in [0.2, 0.25) is 11.7 Å². The fraction of sp³-hybridized carbons (Fsp3) is 0.385. The fourth-order valence-electron chi connectivity index (χ4n) is 8.70. The quantitative estimate of drug-likeness (QED) is 0.0815. The van der Waals surface area contributed by atoms with Crippen molar-refractivity contribution >= 4 is 29.8 Å². The molecule has 4 aromatic carbocycles. The van der Waals surface area contributed by atoms with Gasteiger partial charge in [-0.05, 0) is 93.8 Å². The van der Waals surface area contributed by atoms with E-state index >= 15 is 0 Å². The van der Waals surface area contributed by atoms with Crippen LogP contribution < -0.4 is 10.6 Å². The van der Waals surface area contributed by atoms with E-state index < -0.39 is 59.5 Å². The number of ether oxygens (including phenoxy) is 5. The van der Waals surface area contributed by atoms with Gasteiger partial charge in [0, 0.05) is 41.6 Å². The molecule has 4 aromatic rings. The number of carbonyl (C=O) groups excluding carboxylic acids is 4. The molecule has 8 rings (SSSR count). The molecule has 2 aliphatic heterocycles. The number of aliphatic hydroxyl groups excluding tert-OH is 1. The maximum Gasteiger partial charge on any atom is 0.338 e. The molecular formula is C52H56N2O10. The Hall–Kier alpha value is -5.92. The van der Waals surface area contributed by atoms with Crippen molar-refractivity contribution in [3.63, 3.8) is 0 Å². The highest BCUT2D eigenvalue weighted by Gasteiger charge is 2.55. The number of benzene rings is 4. The van der Waals surface area contributed by atoms with E-state index in [1.54, 1.807) is 57.2 Å². The number of hydrogen-bond donors (Lipinski definition) is 3. The zero-order valence-electron chi connectivity index (χ0n) is 36.4. The molecule has 0 bridgehead atoms. The molecule has 12 heteroatoms. The summed E-state index contributed by atoms with van der Waals surface area (Å²) in [6.07, 6.45) is 7.85. The van der Waals surface area contributed by atoms with E-state index in [2.05, 4.69) is 22.8 Å². The predicted molar refractivity (Wildman–Crippen MR) is 238 cm³/mol. The first kappa shape index (κ1) is 44.7. The van der Waals surface area contributed by atoms with Gasteiger partial charge in [-0.15, -0.1) is 0 Å². The van der Waals surface area contributed by atoms with Gasteiger partial charge in [-0.3, -0.25) is 14.4 Å². The number of hydrogen-bond acceptors (Lipinski definition) is 10. The van der Waals surface area contributed by atoms with Crippen LogP contribution in [0.4, 0.5) is 0 Å². The van der Waals surface area contributed by atoms with Crippen molar-refractivity contribution in [2.24, 2.45) is 5.92 Å². The average Bonchev–Trinajstić information content (AvgIpc) is 3.97. The van der Waals surface area contributed by atoms with Gasteiger partial charge in [-0.25, -0.2) is 4.79 Å². The molecule has 2 aliphatic carbocycles. The molecule has 4 aliphatic rings. The first-order chi connectivity index (χ1) is 30.9. The fourth-order valence-corrected chi connectivity index (χ4v) is 8.70. The van der Waals surface area contributed by atoms with Crippen molar-refractivity contribution in [1.82, 2.24) is 10.6 Å². The number of rotatable bonds is 15. The van der Waals surface area contributed by atoms with Crippen LogP contribution in [0.2, 0.25) is 0 Å². The van der Waals surface area contributed by atoms with Crippen LogP contribution >= 0.6 is 0 Å². The van der Waals surface area contributed by atoms with E-state index in [9.17, 15) is 24.3 Å². The van der Waals surface area contributed by atoms with E-state index in [0.29, 0.717) is 40.4 Å². The summed E-state index contributed by atoms with van der Waals surface area (Å²) in [6.45, 7) is 5.06. The third-order valence-electron chi connectivity index (χ3n) is 12.0. The van der Waals surface area contributed by atoms with Gasteiger partial charge in [0.05, 0.1) is 30.4 Å². The van der Waals surface area contributed by atoms with Crippen molar-refractivity contribution in [2.45, 2.75) is 114 Å². The highest BCUT2D eigenvalue weighted by Crippen LogP contribution is 2.47. The Labute approximate surface area is 374 Å². The molecule has 2 amide bonds. The van der Waals surface area contributed by atoms with Crippen LogP contribution in [0.5, 0.6) is 0 Å². The summed E-state index contributed by atoms with van der Waals surface area (Å²) in [5, 5.41) is 15.7. The highest BCUT2D eigenvalue weighted by atomic mass is 16.8. The molecule has 3 fully saturated rings. The number of allylic oxidation sites excluding steroid dienone is 1. The molecule has 7 unspecified atom stereocenters. The minimum absolute atomic E-state index is 0.0332. The van der Waals surface area contributed by atoms with Crippen LogP contribution in [0, 0.1) is 5.92 Å². The number of nitrogens with one attached hydrogen (secondary N) is 2. The minimum atomic E-state index is -1.36. The molecule has 0 radical (unpaired) electrons. The second-order valence-corrected chi connectivity index (χ2v) is 18.0. The zero-order chi connectivity index (χ0) is 44.8. The summed E-state index contributed by atoms with van der Waals surface area (Å²) in [7, 11) is 0. The largest absolute Gasteiger partial charge is 0.460 e. The van der Waals surface area contributed by atoms with Crippen LogP contribution in [-0.4, -0.2) is 77.6 Å². The van der Waals surface area contributed by atoms with E-state index in [0.717, 1.165) is 36.0 Å². The first-order valence-electron chi connectivity index (χ1n) is 22.2. The van der Waals surface area contributed by atoms with E-state index in [1.165, 1.54) is 0 Å². The summed E-state index contributed by atoms with van der Waals surface area (Å²) in [6, 6.07) is 32.6. The van der Waals surface area contributed by atoms with Gasteiger partial charge in [-0.2, -0.15) is 0 Å². The molecule has 12 nitrogen and oxygen atoms in total. The van der Waals surface area contributed by atoms with Crippen molar-refractivity contribution in [1.29, 1.82) is 0 Å². The molecule has 334 valence electrons. The smallest absolute Gasteiger partial charge is 0.338 e. The summed E-state index contributed by atoms with van der Waals surface area (Å²) < 4.78 is 31.1. The Morgan fingerprint density at radius 1 is 0.844 bits per heavy atom. The molecule has 3 N–H and O–H groups in total. The van der Waals surface area contributed by atoms with E-state index in [1.807, 2.05) is 78.9 Å². The maximum absolute atomic E-state index is 14.1. The van der Waals surface area contributed by atoms with Gasteiger partial charge in [-0.1, -0.05) is 97.1 Å². The summed E-state index contributed by atoms with van der Waals surface area (Å²) in [4.78, 5) is 53.6. The van der Waals surface area contributed by atoms with Crippen molar-refractivity contribution in [3.05, 3.63) is 160 Å². The summed E-state index contributed by atoms with van der Waals surface area (Å²) >= 11 is 0. The van der Waals surface area contributed by atoms with Crippen LogP contribution in [0.15, 0.2) is 127 Å². The number of carbonyl (C=O) groups is 4. The standard InChI is InChI=1S/C52H56N2O10/c1-51(2,3)63-46(56)25-23-41(32-55)54-49(58)36-14-11-13-35(27-36)31-53-48(57)38-29-44(61-50(59)37-15-10-12-33(26-37)20-21-34-22-24-42-43(28-34)60-42)47-45(30-38)62-52(64-47,39-16-6-4-7-17-39)40-18-8-5-9-19-40/h4-21,26-27,30,34,41-45,47,55H,22-25,28-29,31-32H2,1-3H3,(H,53,57)(H,54,58). The molecule has 2 saturated heterocycles. The Balaban J connectivity index is 0.980. The Kier molecular flexibility index (Phi) is 13.6. The molecule has 64 heavy (non-hydrogen) atoms. The lowest BCUT2D eigenvalue weighted by molar-refractivity contribution is -0.157. The van der Waals surface area contributed by atoms with E-state index in [4.69, 9.17) is 23.7 Å². The van der Waals surface area contributed by atoms with Crippen molar-refractivity contribution in [3.8, 4) is 0 Å². The lowest BCUT2D eigenvalue weighted by Crippen LogP contribution is -2.43. The van der Waals surface area contributed by atoms with Crippen molar-refractivity contribution in [2.75, 3.05) is 6.61 Å². The monoisotopic (exact) mass is 868 g/mol. The normalized spacial score (nSPS) is 23.8. The van der Waals surface area contributed by atoms with Gasteiger partial charge < -0.3 is 39.4 Å². The molecular weight excluding hydrogens is 813 g/mol. The molecule has 7 atom stereocenters. The second-order valence-electron chi connectivity index (χ2n) is 18.0. The third kappa shape index (κ3) is 10.9. The van der Waals surface area contributed by atoms with Gasteiger partial charge in [0.15, 0.2) is 0 Å². The predicted octanol–water partition coefficient (Wildman–Crippen LogP) is 7.34. The zero-order valence-corrected chi connectivity index (χ0v) is 36.4. The molecule has 0 spiro atoms. The van der Waals surface area contributed by atoms with Crippen LogP contribution in [0.3, 0.4) is 0 Å². The lowest BCUT2D eigenvalue weighted by Gasteiger charge is -2.31. The Morgan fingerprint density at radius 2 is 1.56 bits per heavy atom. The van der Waals surface area contributed by atoms with Crippen LogP contribution in [0.25, 0.3) is 6.08 Å². The maximum atomic E-state index is 14.1. The topological polar surface area (TPSA) is 162 Å². The molecule has 0 aromatic heterocycles. The SMILES string of the molecule is CC(C)(C)OC(=O)CCC(CO)NC(=O)c1cccc(CNC(=O)C2=CC3OC(c4ccccc4)(c4ccccc4)OC3C(OC(=O)c3cccc(C=CC4CCC5OC5C4)c3)C2)c1. The van der Waals surface area contributed by atoms with E-state index in [-0.39, 0.29) is 32.4 Å². The number of fused-ring (bicyclic) bond motifs is 2. The summed E-state index contributed by atoms with van der Waals surface area (Å²) in [5.41, 5.74) is 3.46. The first-order valence-corrected chi connectivity index (χ1v) is 22.2. The lowest BCUT2D eigenvalue weighted by atomic mass is 9.88. The second kappa shape index (κ2) is 19.4. The number of amides is 2. The van der Waals surface area contributed by atoms with Gasteiger partial charge in [0.1, 0.15) is 23.9 Å². The number of esters is 2. The highest BCUT2D eigenvalue weighted by molar-refractivity contribution is 5.95. The molecule has 2 heterocycles. The average molecular weight is 869 g/mol. The summed E-state index contributed by atoms with van der Waals surface area (Å²) in [5.74, 6) is -2.71. The number of aliphatic hydroxyl groups is 1. The van der Waals surface area contributed by atoms with Gasteiger partial charge in [0.25, 0.3) is 5.91 Å². The van der Waals surface area contributed by atoms with Crippen LogP contribution in [0.1, 0.15) is 102 Å². The van der Waals surface area contributed by atoms with Crippen molar-refractivity contribution < 1.29 is 48.0 Å².